The number of amides is 1. The Morgan fingerprint density at radius 2 is 1.95 bits per heavy atom. The number of aromatic nitrogens is 1. The van der Waals surface area contributed by atoms with Crippen molar-refractivity contribution in [3.05, 3.63) is 30.1 Å². The van der Waals surface area contributed by atoms with Gasteiger partial charge in [-0.05, 0) is 37.5 Å². The minimum atomic E-state index is -0.318. The lowest BCUT2D eigenvalue weighted by atomic mass is 9.73. The summed E-state index contributed by atoms with van der Waals surface area (Å²) in [6.07, 6.45) is 8.89. The van der Waals surface area contributed by atoms with Gasteiger partial charge >= 0.3 is 0 Å². The fraction of sp³-hybridized carbons (Fsp3) is 0.625. The van der Waals surface area contributed by atoms with Crippen LogP contribution in [0.15, 0.2) is 24.5 Å². The smallest absolute Gasteiger partial charge is 0.230 e. The van der Waals surface area contributed by atoms with Gasteiger partial charge in [0.05, 0.1) is 5.41 Å². The van der Waals surface area contributed by atoms with Gasteiger partial charge in [0.1, 0.15) is 0 Å². The van der Waals surface area contributed by atoms with Gasteiger partial charge in [-0.1, -0.05) is 19.3 Å². The molecular formula is C16H25N3O. The number of nitrogens with zero attached hydrogens (tertiary/aromatic N) is 2. The Bertz CT molecular complexity index is 427. The molecule has 1 saturated carbocycles. The van der Waals surface area contributed by atoms with Crippen LogP contribution >= 0.6 is 0 Å². The van der Waals surface area contributed by atoms with Crippen LogP contribution in [0.1, 0.15) is 44.6 Å². The molecule has 1 aliphatic carbocycles. The molecule has 0 atom stereocenters. The van der Waals surface area contributed by atoms with Crippen molar-refractivity contribution in [2.45, 2.75) is 45.6 Å². The first-order valence-electron chi connectivity index (χ1n) is 7.60. The largest absolute Gasteiger partial charge is 0.338 e. The average Bonchev–Trinajstić information content (AvgIpc) is 2.53. The molecule has 1 aliphatic rings. The quantitative estimate of drug-likeness (QED) is 0.897. The average molecular weight is 275 g/mol. The van der Waals surface area contributed by atoms with Crippen LogP contribution in [0.25, 0.3) is 0 Å². The van der Waals surface area contributed by atoms with E-state index >= 15 is 0 Å². The molecule has 2 rings (SSSR count). The van der Waals surface area contributed by atoms with Gasteiger partial charge in [-0.3, -0.25) is 9.78 Å². The fourth-order valence-electron chi connectivity index (χ4n) is 3.11. The second-order valence-electron chi connectivity index (χ2n) is 5.72. The summed E-state index contributed by atoms with van der Waals surface area (Å²) < 4.78 is 0. The number of carbonyl (C=O) groups is 1. The number of hydrogen-bond acceptors (Lipinski definition) is 3. The Balaban J connectivity index is 2.11. The Labute approximate surface area is 121 Å². The van der Waals surface area contributed by atoms with Gasteiger partial charge in [0, 0.05) is 32.0 Å². The van der Waals surface area contributed by atoms with Crippen LogP contribution in [-0.4, -0.2) is 28.9 Å². The lowest BCUT2D eigenvalue weighted by Gasteiger charge is -2.38. The van der Waals surface area contributed by atoms with Gasteiger partial charge in [-0.25, -0.2) is 0 Å². The minimum absolute atomic E-state index is 0.235. The van der Waals surface area contributed by atoms with Crippen LogP contribution in [0, 0.1) is 5.41 Å². The fourth-order valence-corrected chi connectivity index (χ4v) is 3.11. The van der Waals surface area contributed by atoms with Crippen molar-refractivity contribution in [3.8, 4) is 0 Å². The monoisotopic (exact) mass is 275 g/mol. The zero-order valence-corrected chi connectivity index (χ0v) is 12.3. The van der Waals surface area contributed by atoms with Crippen LogP contribution in [0.5, 0.6) is 0 Å². The highest BCUT2D eigenvalue weighted by atomic mass is 16.2. The van der Waals surface area contributed by atoms with E-state index in [1.54, 1.807) is 12.4 Å². The molecule has 0 bridgehead atoms. The van der Waals surface area contributed by atoms with Crippen LogP contribution in [-0.2, 0) is 11.3 Å². The second kappa shape index (κ2) is 6.84. The highest BCUT2D eigenvalue weighted by Gasteiger charge is 2.40. The summed E-state index contributed by atoms with van der Waals surface area (Å²) in [6, 6.07) is 3.93. The molecule has 20 heavy (non-hydrogen) atoms. The third-order valence-electron chi connectivity index (χ3n) is 4.45. The van der Waals surface area contributed by atoms with Crippen molar-refractivity contribution in [3.63, 3.8) is 0 Å². The zero-order chi connectivity index (χ0) is 14.4. The molecule has 0 spiro atoms. The highest BCUT2D eigenvalue weighted by molar-refractivity contribution is 5.83. The van der Waals surface area contributed by atoms with E-state index < -0.39 is 0 Å². The molecule has 110 valence electrons. The normalized spacial score (nSPS) is 17.7. The Morgan fingerprint density at radius 1 is 1.30 bits per heavy atom. The third kappa shape index (κ3) is 3.18. The summed E-state index contributed by atoms with van der Waals surface area (Å²) >= 11 is 0. The van der Waals surface area contributed by atoms with Crippen molar-refractivity contribution in [2.24, 2.45) is 11.1 Å². The van der Waals surface area contributed by atoms with Gasteiger partial charge in [-0.2, -0.15) is 0 Å². The molecule has 1 amide bonds. The third-order valence-corrected chi connectivity index (χ3v) is 4.45. The summed E-state index contributed by atoms with van der Waals surface area (Å²) in [5.74, 6) is 0.235. The van der Waals surface area contributed by atoms with Crippen molar-refractivity contribution in [1.82, 2.24) is 9.88 Å². The Morgan fingerprint density at radius 3 is 2.50 bits per heavy atom. The molecule has 0 unspecified atom stereocenters. The first-order chi connectivity index (χ1) is 9.72. The van der Waals surface area contributed by atoms with Crippen LogP contribution < -0.4 is 5.73 Å². The Kier molecular flexibility index (Phi) is 5.12. The molecule has 4 nitrogen and oxygen atoms in total. The number of nitrogens with two attached hydrogens (primary N) is 1. The van der Waals surface area contributed by atoms with E-state index in [1.807, 2.05) is 24.0 Å². The SMILES string of the molecule is CCN(Cc1ccncc1)C(=O)C1(CN)CCCCC1. The van der Waals surface area contributed by atoms with Crippen molar-refractivity contribution in [2.75, 3.05) is 13.1 Å². The van der Waals surface area contributed by atoms with Crippen LogP contribution in [0.2, 0.25) is 0 Å². The number of pyridine rings is 1. The molecule has 0 aromatic carbocycles. The minimum Gasteiger partial charge on any atom is -0.338 e. The summed E-state index contributed by atoms with van der Waals surface area (Å²) in [6.45, 7) is 3.88. The molecule has 1 fully saturated rings. The molecule has 1 heterocycles. The van der Waals surface area contributed by atoms with E-state index in [-0.39, 0.29) is 11.3 Å². The standard InChI is InChI=1S/C16H25N3O/c1-2-19(12-14-6-10-18-11-7-14)15(20)16(13-17)8-4-3-5-9-16/h6-7,10-11H,2-5,8-9,12-13,17H2,1H3. The number of rotatable bonds is 5. The summed E-state index contributed by atoms with van der Waals surface area (Å²) in [5.41, 5.74) is 6.77. The van der Waals surface area contributed by atoms with Gasteiger partial charge < -0.3 is 10.6 Å². The Hall–Kier alpha value is -1.42. The maximum absolute atomic E-state index is 12.9. The first-order valence-corrected chi connectivity index (χ1v) is 7.60. The molecule has 1 aromatic rings. The van der Waals surface area contributed by atoms with Crippen molar-refractivity contribution in [1.29, 1.82) is 0 Å². The maximum Gasteiger partial charge on any atom is 0.230 e. The van der Waals surface area contributed by atoms with Crippen LogP contribution in [0.4, 0.5) is 0 Å². The molecule has 2 N–H and O–H groups in total. The van der Waals surface area contributed by atoms with Crippen molar-refractivity contribution >= 4 is 5.91 Å². The van der Waals surface area contributed by atoms with E-state index in [0.717, 1.165) is 37.8 Å². The first kappa shape index (κ1) is 15.0. The van der Waals surface area contributed by atoms with Gasteiger partial charge in [0.15, 0.2) is 0 Å². The predicted octanol–water partition coefficient (Wildman–Crippen LogP) is 2.34. The molecule has 0 radical (unpaired) electrons. The lowest BCUT2D eigenvalue weighted by molar-refractivity contribution is -0.144. The van der Waals surface area contributed by atoms with Gasteiger partial charge in [0.25, 0.3) is 0 Å². The predicted molar refractivity (Wildman–Crippen MR) is 79.9 cm³/mol. The summed E-state index contributed by atoms with van der Waals surface area (Å²) in [4.78, 5) is 18.9. The van der Waals surface area contributed by atoms with Crippen molar-refractivity contribution < 1.29 is 4.79 Å². The highest BCUT2D eigenvalue weighted by Crippen LogP contribution is 2.37. The molecule has 0 aliphatic heterocycles. The molecular weight excluding hydrogens is 250 g/mol. The molecule has 1 aromatic heterocycles. The van der Waals surface area contributed by atoms with E-state index in [0.29, 0.717) is 13.1 Å². The van der Waals surface area contributed by atoms with E-state index in [1.165, 1.54) is 6.42 Å². The second-order valence-corrected chi connectivity index (χ2v) is 5.72. The number of hydrogen-bond donors (Lipinski definition) is 1. The van der Waals surface area contributed by atoms with Crippen LogP contribution in [0.3, 0.4) is 0 Å². The molecule has 4 heteroatoms. The zero-order valence-electron chi connectivity index (χ0n) is 12.3. The summed E-state index contributed by atoms with van der Waals surface area (Å²) in [7, 11) is 0. The van der Waals surface area contributed by atoms with Gasteiger partial charge in [-0.15, -0.1) is 0 Å². The van der Waals surface area contributed by atoms with E-state index in [4.69, 9.17) is 5.73 Å². The van der Waals surface area contributed by atoms with E-state index in [2.05, 4.69) is 4.98 Å². The lowest BCUT2D eigenvalue weighted by Crippen LogP contribution is -2.48. The topological polar surface area (TPSA) is 59.2 Å². The molecule has 0 saturated heterocycles. The maximum atomic E-state index is 12.9. The summed E-state index contributed by atoms with van der Waals surface area (Å²) in [5, 5.41) is 0. The van der Waals surface area contributed by atoms with Gasteiger partial charge in [0.2, 0.25) is 5.91 Å². The van der Waals surface area contributed by atoms with E-state index in [9.17, 15) is 4.79 Å². The number of carbonyl (C=O) groups excluding carboxylic acids is 1.